The zero-order valence-electron chi connectivity index (χ0n) is 24.8. The van der Waals surface area contributed by atoms with Gasteiger partial charge in [-0.3, -0.25) is 0 Å². The lowest BCUT2D eigenvalue weighted by molar-refractivity contribution is -0.0360. The highest BCUT2D eigenvalue weighted by molar-refractivity contribution is 9.09. The number of hydrogen-bond acceptors (Lipinski definition) is 4. The summed E-state index contributed by atoms with van der Waals surface area (Å²) in [4.78, 5) is 24.1. The average molecular weight is 604 g/mol. The van der Waals surface area contributed by atoms with Crippen LogP contribution >= 0.6 is 15.9 Å². The van der Waals surface area contributed by atoms with E-state index in [0.29, 0.717) is 18.7 Å². The van der Waals surface area contributed by atoms with Crippen molar-refractivity contribution in [2.75, 3.05) is 18.4 Å². The maximum Gasteiger partial charge on any atom is 0.410 e. The SMILES string of the molecule is C=C(C)C(OC(=O)NCCCCCCCBr)OC(=O)NCCCCCCCCCCCCCCCCCC. The van der Waals surface area contributed by atoms with Crippen LogP contribution in [0.15, 0.2) is 12.2 Å². The Hall–Kier alpha value is -1.24. The van der Waals surface area contributed by atoms with E-state index in [4.69, 9.17) is 9.47 Å². The topological polar surface area (TPSA) is 76.7 Å². The van der Waals surface area contributed by atoms with Crippen LogP contribution in [0.1, 0.15) is 149 Å². The third-order valence-corrected chi connectivity index (χ3v) is 7.27. The van der Waals surface area contributed by atoms with Crippen LogP contribution in [0, 0.1) is 0 Å². The molecule has 1 unspecified atom stereocenters. The quantitative estimate of drug-likeness (QED) is 0.0424. The summed E-state index contributed by atoms with van der Waals surface area (Å²) < 4.78 is 10.5. The number of nitrogens with one attached hydrogen (secondary N) is 2. The van der Waals surface area contributed by atoms with Gasteiger partial charge in [-0.15, -0.1) is 0 Å². The van der Waals surface area contributed by atoms with Gasteiger partial charge in [0, 0.05) is 24.0 Å². The van der Waals surface area contributed by atoms with Gasteiger partial charge in [0.05, 0.1) is 0 Å². The summed E-state index contributed by atoms with van der Waals surface area (Å²) in [6, 6.07) is 0. The van der Waals surface area contributed by atoms with Crippen LogP contribution < -0.4 is 10.6 Å². The first kappa shape index (κ1) is 36.8. The number of hydrogen-bond donors (Lipinski definition) is 2. The molecule has 0 aromatic carbocycles. The van der Waals surface area contributed by atoms with Crippen molar-refractivity contribution < 1.29 is 19.1 Å². The van der Waals surface area contributed by atoms with E-state index < -0.39 is 18.5 Å². The molecule has 0 aliphatic heterocycles. The Morgan fingerprint density at radius 2 is 0.921 bits per heavy atom. The molecule has 2 amide bonds. The molecule has 0 fully saturated rings. The van der Waals surface area contributed by atoms with Gasteiger partial charge in [0.25, 0.3) is 6.29 Å². The van der Waals surface area contributed by atoms with Crippen molar-refractivity contribution in [3.8, 4) is 0 Å². The first-order chi connectivity index (χ1) is 18.5. The molecule has 7 heteroatoms. The molecule has 1 atom stereocenters. The highest BCUT2D eigenvalue weighted by atomic mass is 79.9. The van der Waals surface area contributed by atoms with E-state index in [1.165, 1.54) is 103 Å². The molecular formula is C31H59BrN2O4. The van der Waals surface area contributed by atoms with Crippen LogP contribution in [0.3, 0.4) is 0 Å². The lowest BCUT2D eigenvalue weighted by atomic mass is 10.0. The van der Waals surface area contributed by atoms with Crippen molar-refractivity contribution in [3.05, 3.63) is 12.2 Å². The largest absolute Gasteiger partial charge is 0.410 e. The first-order valence-corrected chi connectivity index (χ1v) is 16.7. The van der Waals surface area contributed by atoms with E-state index in [0.717, 1.165) is 37.4 Å². The van der Waals surface area contributed by atoms with Crippen molar-refractivity contribution in [1.82, 2.24) is 10.6 Å². The molecular weight excluding hydrogens is 544 g/mol. The highest BCUT2D eigenvalue weighted by Crippen LogP contribution is 2.14. The van der Waals surface area contributed by atoms with Gasteiger partial charge in [-0.1, -0.05) is 145 Å². The van der Waals surface area contributed by atoms with E-state index in [2.05, 4.69) is 40.1 Å². The number of carbonyl (C=O) groups is 2. The molecule has 0 rings (SSSR count). The number of unbranched alkanes of at least 4 members (excludes halogenated alkanes) is 19. The summed E-state index contributed by atoms with van der Waals surface area (Å²) in [5.41, 5.74) is 0.465. The Kier molecular flexibility index (Phi) is 27.8. The fraction of sp³-hybridized carbons (Fsp3) is 0.871. The molecule has 0 aliphatic rings. The predicted molar refractivity (Wildman–Crippen MR) is 164 cm³/mol. The minimum atomic E-state index is -1.08. The van der Waals surface area contributed by atoms with Crippen molar-refractivity contribution in [2.45, 2.75) is 155 Å². The number of ether oxygens (including phenoxy) is 2. The molecule has 0 radical (unpaired) electrons. The average Bonchev–Trinajstić information content (AvgIpc) is 2.89. The number of carbonyl (C=O) groups excluding carboxylic acids is 2. The zero-order chi connectivity index (χ0) is 28.1. The predicted octanol–water partition coefficient (Wildman–Crippen LogP) is 9.95. The summed E-state index contributed by atoms with van der Waals surface area (Å²) in [6.45, 7) is 8.81. The van der Waals surface area contributed by atoms with Gasteiger partial charge < -0.3 is 20.1 Å². The van der Waals surface area contributed by atoms with Crippen molar-refractivity contribution in [3.63, 3.8) is 0 Å². The number of alkyl halides is 1. The van der Waals surface area contributed by atoms with Gasteiger partial charge in [0.2, 0.25) is 0 Å². The van der Waals surface area contributed by atoms with Crippen LogP contribution in [0.5, 0.6) is 0 Å². The van der Waals surface area contributed by atoms with Gasteiger partial charge in [0.1, 0.15) is 0 Å². The lowest BCUT2D eigenvalue weighted by Gasteiger charge is -2.19. The van der Waals surface area contributed by atoms with Crippen molar-refractivity contribution in [1.29, 1.82) is 0 Å². The number of halogens is 1. The molecule has 38 heavy (non-hydrogen) atoms. The van der Waals surface area contributed by atoms with E-state index in [9.17, 15) is 9.59 Å². The highest BCUT2D eigenvalue weighted by Gasteiger charge is 2.19. The second-order valence-electron chi connectivity index (χ2n) is 10.6. The second-order valence-corrected chi connectivity index (χ2v) is 11.4. The zero-order valence-corrected chi connectivity index (χ0v) is 26.4. The van der Waals surface area contributed by atoms with Gasteiger partial charge in [-0.05, 0) is 26.2 Å². The smallest absolute Gasteiger partial charge is 0.405 e. The van der Waals surface area contributed by atoms with Crippen LogP contribution in [-0.2, 0) is 9.47 Å². The molecule has 0 saturated heterocycles. The normalized spacial score (nSPS) is 11.7. The molecule has 0 aromatic heterocycles. The van der Waals surface area contributed by atoms with Gasteiger partial charge in [-0.2, -0.15) is 0 Å². The third kappa shape index (κ3) is 26.4. The number of alkyl carbamates (subject to hydrolysis) is 2. The van der Waals surface area contributed by atoms with Crippen molar-refractivity contribution in [2.24, 2.45) is 0 Å². The Morgan fingerprint density at radius 1 is 0.605 bits per heavy atom. The van der Waals surface area contributed by atoms with Crippen molar-refractivity contribution >= 4 is 28.1 Å². The summed E-state index contributed by atoms with van der Waals surface area (Å²) >= 11 is 3.43. The van der Waals surface area contributed by atoms with Crippen LogP contribution in [0.4, 0.5) is 9.59 Å². The number of rotatable bonds is 27. The fourth-order valence-electron chi connectivity index (χ4n) is 4.31. The Labute approximate surface area is 243 Å². The van der Waals surface area contributed by atoms with Crippen LogP contribution in [-0.4, -0.2) is 36.9 Å². The Balaban J connectivity index is 3.62. The summed E-state index contributed by atoms with van der Waals surface area (Å²) in [5.74, 6) is 0. The van der Waals surface area contributed by atoms with Gasteiger partial charge >= 0.3 is 12.2 Å². The minimum Gasteiger partial charge on any atom is -0.405 e. The standard InChI is InChI=1S/C31H59BrN2O4/c1-4-5-6-7-8-9-10-11-12-13-14-15-16-17-20-23-26-33-30(35)37-29(28(2)3)38-31(36)34-27-24-21-18-19-22-25-32/h29H,2,4-27H2,1,3H3,(H,33,35)(H,34,36). The molecule has 2 N–H and O–H groups in total. The van der Waals surface area contributed by atoms with E-state index >= 15 is 0 Å². The first-order valence-electron chi connectivity index (χ1n) is 15.6. The molecule has 224 valence electrons. The summed E-state index contributed by atoms with van der Waals surface area (Å²) in [7, 11) is 0. The van der Waals surface area contributed by atoms with E-state index in [1.54, 1.807) is 6.92 Å². The van der Waals surface area contributed by atoms with Gasteiger partial charge in [-0.25, -0.2) is 9.59 Å². The molecule has 0 aromatic rings. The fourth-order valence-corrected chi connectivity index (χ4v) is 4.70. The van der Waals surface area contributed by atoms with Crippen LogP contribution in [0.2, 0.25) is 0 Å². The third-order valence-electron chi connectivity index (χ3n) is 6.71. The summed E-state index contributed by atoms with van der Waals surface area (Å²) in [5, 5.41) is 6.50. The lowest BCUT2D eigenvalue weighted by Crippen LogP contribution is -2.36. The molecule has 6 nitrogen and oxygen atoms in total. The molecule has 0 aliphatic carbocycles. The molecule has 0 bridgehead atoms. The maximum absolute atomic E-state index is 12.1. The molecule has 0 saturated carbocycles. The minimum absolute atomic E-state index is 0.465. The molecule has 0 heterocycles. The van der Waals surface area contributed by atoms with E-state index in [-0.39, 0.29) is 0 Å². The maximum atomic E-state index is 12.1. The van der Waals surface area contributed by atoms with E-state index in [1.807, 2.05) is 0 Å². The Bertz CT molecular complexity index is 574. The monoisotopic (exact) mass is 602 g/mol. The Morgan fingerprint density at radius 3 is 1.24 bits per heavy atom. The molecule has 0 spiro atoms. The van der Waals surface area contributed by atoms with Crippen LogP contribution in [0.25, 0.3) is 0 Å². The number of amides is 2. The van der Waals surface area contributed by atoms with Gasteiger partial charge in [0.15, 0.2) is 0 Å². The second kappa shape index (κ2) is 28.8. The summed E-state index contributed by atoms with van der Waals surface area (Å²) in [6.07, 6.45) is 24.3.